The molecule has 32 valence electrons. The Hall–Kier alpha value is 0.240. The third-order valence-electron chi connectivity index (χ3n) is 0. The Labute approximate surface area is 28.4 Å². The van der Waals surface area contributed by atoms with E-state index in [9.17, 15) is 4.20 Å². The molecule has 0 saturated heterocycles. The van der Waals surface area contributed by atoms with Crippen LogP contribution in [-0.4, -0.2) is 14.7 Å². The van der Waals surface area contributed by atoms with E-state index in [1.165, 1.54) is 0 Å². The monoisotopic (exact) mass is 101 g/mol. The normalized spacial score (nSPS) is 12.0. The minimum absolute atomic E-state index is 4.89. The van der Waals surface area contributed by atoms with Crippen molar-refractivity contribution in [3.8, 4) is 0 Å². The lowest BCUT2D eigenvalue weighted by molar-refractivity contribution is 0.276. The van der Waals surface area contributed by atoms with Crippen LogP contribution >= 0.6 is 8.25 Å². The number of rotatable bonds is 0. The topological polar surface area (TPSA) is 60.7 Å². The van der Waals surface area contributed by atoms with Crippen molar-refractivity contribution in [1.29, 1.82) is 0 Å². The van der Waals surface area contributed by atoms with Crippen LogP contribution in [0.25, 0.3) is 0 Å². The third-order valence-corrected chi connectivity index (χ3v) is 0. The van der Waals surface area contributed by atoms with E-state index in [1.807, 2.05) is 0 Å². The van der Waals surface area contributed by atoms with Gasteiger partial charge in [-0.05, 0) is 0 Å². The van der Waals surface area contributed by atoms with Gasteiger partial charge in [0.05, 0.1) is 0 Å². The van der Waals surface area contributed by atoms with Crippen LogP contribution in [0.5, 0.6) is 0 Å². The minimum atomic E-state index is -4.89. The van der Waals surface area contributed by atoms with Gasteiger partial charge in [-0.15, -0.1) is 0 Å². The second-order valence-corrected chi connectivity index (χ2v) is 1.49. The highest BCUT2D eigenvalue weighted by Gasteiger charge is 2.29. The van der Waals surface area contributed by atoms with Crippen molar-refractivity contribution in [2.45, 2.75) is 0 Å². The second-order valence-electron chi connectivity index (χ2n) is 0.495. The predicted molar refractivity (Wildman–Crippen MR) is 14.7 cm³/mol. The number of hydrogen-bond donors (Lipinski definition) is 3. The van der Waals surface area contributed by atoms with Crippen LogP contribution in [0.2, 0.25) is 0 Å². The van der Waals surface area contributed by atoms with Gasteiger partial charge in [0.25, 0.3) is 0 Å². The lowest BCUT2D eigenvalue weighted by Crippen LogP contribution is -1.71. The van der Waals surface area contributed by atoms with Gasteiger partial charge in [0.15, 0.2) is 0 Å². The summed E-state index contributed by atoms with van der Waals surface area (Å²) in [6.07, 6.45) is 0. The molecule has 0 aromatic rings. The van der Waals surface area contributed by atoms with E-state index < -0.39 is 8.25 Å². The Balaban J connectivity index is 3.02. The molecule has 0 aromatic carbocycles. The van der Waals surface area contributed by atoms with Crippen molar-refractivity contribution in [1.82, 2.24) is 0 Å². The highest BCUT2D eigenvalue weighted by Crippen LogP contribution is 2.45. The maximum absolute atomic E-state index is 10.5. The van der Waals surface area contributed by atoms with E-state index in [0.717, 1.165) is 0 Å². The van der Waals surface area contributed by atoms with Crippen molar-refractivity contribution in [3.05, 3.63) is 0 Å². The molecule has 0 atom stereocenters. The van der Waals surface area contributed by atoms with Crippen molar-refractivity contribution in [3.63, 3.8) is 0 Å². The lowest BCUT2D eigenvalue weighted by atomic mass is 15.8. The first-order valence-electron chi connectivity index (χ1n) is 0.769. The third kappa shape index (κ3) is 369. The van der Waals surface area contributed by atoms with Gasteiger partial charge in [0, 0.05) is 4.20 Å². The van der Waals surface area contributed by atoms with E-state index >= 15 is 0 Å². The molecule has 3 N–H and O–H groups in total. The first kappa shape index (κ1) is 5.24. The molecule has 0 amide bonds. The second kappa shape index (κ2) is 1.14. The lowest BCUT2D eigenvalue weighted by Gasteiger charge is -1.78. The molecule has 0 radical (unpaired) electrons. The Morgan fingerprint density at radius 3 is 1.20 bits per heavy atom. The molecule has 0 bridgehead atoms. The quantitative estimate of drug-likeness (QED) is 0.364. The van der Waals surface area contributed by atoms with Crippen molar-refractivity contribution < 1.29 is 18.9 Å². The van der Waals surface area contributed by atoms with Gasteiger partial charge in [-0.2, -0.15) is 14.7 Å². The van der Waals surface area contributed by atoms with Crippen molar-refractivity contribution in [2.75, 3.05) is 0 Å². The molecule has 0 aromatic heterocycles. The van der Waals surface area contributed by atoms with Gasteiger partial charge in [-0.3, -0.25) is 0 Å². The van der Waals surface area contributed by atoms with Crippen LogP contribution in [0.3, 0.4) is 0 Å². The Morgan fingerprint density at radius 1 is 1.20 bits per heavy atom. The Bertz CT molecular complexity index is 22.4. The highest BCUT2D eigenvalue weighted by molar-refractivity contribution is 7.52. The SMILES string of the molecule is O[P+](O)(O)F. The molecule has 0 fully saturated rings. The number of halogens is 1. The molecule has 0 aliphatic heterocycles. The zero-order chi connectivity index (χ0) is 4.50. The van der Waals surface area contributed by atoms with Gasteiger partial charge in [-0.25, -0.2) is 0 Å². The molecule has 0 heterocycles. The zero-order valence-electron chi connectivity index (χ0n) is 2.17. The first-order chi connectivity index (χ1) is 2.00. The van der Waals surface area contributed by atoms with E-state index in [1.54, 1.807) is 0 Å². The Kier molecular flexibility index (Phi) is 1.20. The zero-order valence-corrected chi connectivity index (χ0v) is 3.06. The minimum Gasteiger partial charge on any atom is -0.164 e. The van der Waals surface area contributed by atoms with Crippen molar-refractivity contribution >= 4 is 8.25 Å². The molecule has 0 aliphatic carbocycles. The van der Waals surface area contributed by atoms with Gasteiger partial charge >= 0.3 is 8.25 Å². The first-order valence-corrected chi connectivity index (χ1v) is 2.31. The van der Waals surface area contributed by atoms with Crippen LogP contribution < -0.4 is 0 Å². The van der Waals surface area contributed by atoms with Crippen LogP contribution in [0.4, 0.5) is 4.20 Å². The Morgan fingerprint density at radius 2 is 1.20 bits per heavy atom. The fourth-order valence-corrected chi connectivity index (χ4v) is 0. The summed E-state index contributed by atoms with van der Waals surface area (Å²) in [5.74, 6) is 0. The molecule has 5 heavy (non-hydrogen) atoms. The average molecular weight is 101 g/mol. The summed E-state index contributed by atoms with van der Waals surface area (Å²) < 4.78 is 10.5. The van der Waals surface area contributed by atoms with Crippen LogP contribution in [0.15, 0.2) is 0 Å². The number of hydrogen-bond acceptors (Lipinski definition) is 3. The summed E-state index contributed by atoms with van der Waals surface area (Å²) in [6, 6.07) is 0. The van der Waals surface area contributed by atoms with Gasteiger partial charge < -0.3 is 0 Å². The summed E-state index contributed by atoms with van der Waals surface area (Å²) in [5, 5.41) is 0. The highest BCUT2D eigenvalue weighted by atomic mass is 31.3. The van der Waals surface area contributed by atoms with Crippen molar-refractivity contribution in [2.24, 2.45) is 0 Å². The molecule has 3 nitrogen and oxygen atoms in total. The smallest absolute Gasteiger partial charge is 0.164 e. The van der Waals surface area contributed by atoms with Crippen LogP contribution in [-0.2, 0) is 0 Å². The fourth-order valence-electron chi connectivity index (χ4n) is 0. The molecule has 0 aliphatic rings. The summed E-state index contributed by atoms with van der Waals surface area (Å²) >= 11 is 0. The van der Waals surface area contributed by atoms with Gasteiger partial charge in [0.2, 0.25) is 0 Å². The maximum Gasteiger partial charge on any atom is 0.615 e. The molecule has 0 spiro atoms. The standard InChI is InChI=1S/FH3O3P/c1-5(2,3)4/h2-4H/q+1. The molecular weight excluding hydrogens is 98.0 g/mol. The summed E-state index contributed by atoms with van der Waals surface area (Å²) in [7, 11) is -4.89. The van der Waals surface area contributed by atoms with Crippen LogP contribution in [0, 0.1) is 0 Å². The van der Waals surface area contributed by atoms with Gasteiger partial charge in [0.1, 0.15) is 0 Å². The average Bonchev–Trinajstić information content (AvgIpc) is 0.722. The van der Waals surface area contributed by atoms with E-state index in [4.69, 9.17) is 14.7 Å². The fraction of sp³-hybridized carbons (Fsp3) is 0. The molecule has 0 unspecified atom stereocenters. The maximum atomic E-state index is 10.5. The molecule has 0 rings (SSSR count). The predicted octanol–water partition coefficient (Wildman–Crippen LogP) is -0.390. The van der Waals surface area contributed by atoms with E-state index in [0.29, 0.717) is 0 Å². The summed E-state index contributed by atoms with van der Waals surface area (Å²) in [6.45, 7) is 0. The largest absolute Gasteiger partial charge is 0.615 e. The summed E-state index contributed by atoms with van der Waals surface area (Å²) in [4.78, 5) is 21.2. The van der Waals surface area contributed by atoms with E-state index in [-0.39, 0.29) is 0 Å². The molecular formula is H3FO3P+. The van der Waals surface area contributed by atoms with Gasteiger partial charge in [-0.1, -0.05) is 0 Å². The molecule has 5 heteroatoms. The molecule has 0 saturated carbocycles. The summed E-state index contributed by atoms with van der Waals surface area (Å²) in [5.41, 5.74) is 0. The van der Waals surface area contributed by atoms with Crippen LogP contribution in [0.1, 0.15) is 0 Å². The van der Waals surface area contributed by atoms with E-state index in [2.05, 4.69) is 0 Å².